The predicted molar refractivity (Wildman–Crippen MR) is 111 cm³/mol. The van der Waals surface area contributed by atoms with Gasteiger partial charge in [0.2, 0.25) is 5.72 Å². The van der Waals surface area contributed by atoms with E-state index < -0.39 is 5.72 Å². The Bertz CT molecular complexity index is 1130. The highest BCUT2D eigenvalue weighted by atomic mass is 16.5. The number of aryl methyl sites for hydroxylation is 2. The number of rotatable bonds is 0. The van der Waals surface area contributed by atoms with Crippen molar-refractivity contribution in [1.29, 1.82) is 0 Å². The zero-order valence-electron chi connectivity index (χ0n) is 16.5. The molecular weight excluding hydrogens is 332 g/mol. The molecule has 1 unspecified atom stereocenters. The van der Waals surface area contributed by atoms with E-state index in [1.54, 1.807) is 0 Å². The van der Waals surface area contributed by atoms with Crippen LogP contribution in [0.5, 0.6) is 5.75 Å². The molecule has 136 valence electrons. The minimum atomic E-state index is -0.575. The summed E-state index contributed by atoms with van der Waals surface area (Å²) in [5.74, 6) is 0.879. The highest BCUT2D eigenvalue weighted by Gasteiger charge is 2.58. The van der Waals surface area contributed by atoms with Gasteiger partial charge in [-0.1, -0.05) is 36.4 Å². The Balaban J connectivity index is 1.76. The van der Waals surface area contributed by atoms with Crippen LogP contribution in [0.2, 0.25) is 0 Å². The van der Waals surface area contributed by atoms with Crippen LogP contribution in [-0.2, 0) is 5.41 Å². The Morgan fingerprint density at radius 3 is 2.56 bits per heavy atom. The lowest BCUT2D eigenvalue weighted by Gasteiger charge is -2.46. The molecule has 3 heterocycles. The molecule has 3 nitrogen and oxygen atoms in total. The van der Waals surface area contributed by atoms with Crippen LogP contribution >= 0.6 is 0 Å². The summed E-state index contributed by atoms with van der Waals surface area (Å²) in [5, 5.41) is 1.11. The van der Waals surface area contributed by atoms with Crippen molar-refractivity contribution in [2.75, 3.05) is 11.9 Å². The van der Waals surface area contributed by atoms with Crippen molar-refractivity contribution in [3.8, 4) is 5.75 Å². The van der Waals surface area contributed by atoms with E-state index in [0.717, 1.165) is 27.9 Å². The second-order valence-electron chi connectivity index (χ2n) is 8.30. The molecule has 27 heavy (non-hydrogen) atoms. The maximum absolute atomic E-state index is 6.89. The fraction of sp³-hybridized carbons (Fsp3) is 0.292. The van der Waals surface area contributed by atoms with Gasteiger partial charge in [0.15, 0.2) is 5.75 Å². The molecule has 2 aromatic carbocycles. The van der Waals surface area contributed by atoms with Gasteiger partial charge in [-0.2, -0.15) is 0 Å². The number of likely N-dealkylation sites (N-methyl/N-ethyl adjacent to an activating group) is 1. The zero-order chi connectivity index (χ0) is 19.0. The summed E-state index contributed by atoms with van der Waals surface area (Å²) < 4.78 is 6.89. The average molecular weight is 356 g/mol. The zero-order valence-corrected chi connectivity index (χ0v) is 16.5. The number of ether oxygens (including phenoxy) is 1. The Morgan fingerprint density at radius 2 is 1.78 bits per heavy atom. The van der Waals surface area contributed by atoms with Crippen LogP contribution in [0.4, 0.5) is 5.69 Å². The third-order valence-electron chi connectivity index (χ3n) is 6.37. The summed E-state index contributed by atoms with van der Waals surface area (Å²) in [6.07, 6.45) is 4.41. The Kier molecular flexibility index (Phi) is 3.11. The molecule has 2 aliphatic rings. The highest BCUT2D eigenvalue weighted by molar-refractivity contribution is 5.90. The second-order valence-corrected chi connectivity index (χ2v) is 8.30. The molecule has 0 saturated heterocycles. The summed E-state index contributed by atoms with van der Waals surface area (Å²) in [7, 11) is 2.14. The first kappa shape index (κ1) is 16.4. The van der Waals surface area contributed by atoms with Gasteiger partial charge < -0.3 is 9.64 Å². The lowest BCUT2D eigenvalue weighted by atomic mass is 9.76. The standard InChI is InChI=1S/C24H24N2O/c1-15-7-6-8-19-21(15)26(5)24(23(19,3)4)14-13-18-12-11-17-10-9-16(2)25-20(17)22(18)27-24/h6-14H,1-5H3. The summed E-state index contributed by atoms with van der Waals surface area (Å²) in [4.78, 5) is 7.10. The van der Waals surface area contributed by atoms with Crippen molar-refractivity contribution in [1.82, 2.24) is 4.98 Å². The molecule has 0 radical (unpaired) electrons. The van der Waals surface area contributed by atoms with Gasteiger partial charge in [-0.25, -0.2) is 4.98 Å². The molecule has 0 amide bonds. The van der Waals surface area contributed by atoms with Crippen LogP contribution in [0, 0.1) is 13.8 Å². The summed E-state index contributed by atoms with van der Waals surface area (Å²) in [5.41, 5.74) is 6.10. The summed E-state index contributed by atoms with van der Waals surface area (Å²) in [6, 6.07) is 15.0. The van der Waals surface area contributed by atoms with E-state index in [2.05, 4.69) is 81.3 Å². The topological polar surface area (TPSA) is 25.4 Å². The van der Waals surface area contributed by atoms with E-state index in [-0.39, 0.29) is 5.41 Å². The largest absolute Gasteiger partial charge is 0.460 e. The van der Waals surface area contributed by atoms with E-state index >= 15 is 0 Å². The molecule has 0 saturated carbocycles. The smallest absolute Gasteiger partial charge is 0.211 e. The van der Waals surface area contributed by atoms with Crippen LogP contribution < -0.4 is 9.64 Å². The number of aromatic nitrogens is 1. The first-order chi connectivity index (χ1) is 12.8. The third kappa shape index (κ3) is 1.94. The van der Waals surface area contributed by atoms with Gasteiger partial charge in [0.1, 0.15) is 5.52 Å². The first-order valence-electron chi connectivity index (χ1n) is 9.48. The lowest BCUT2D eigenvalue weighted by Crippen LogP contribution is -2.58. The van der Waals surface area contributed by atoms with Gasteiger partial charge in [0.05, 0.1) is 5.41 Å². The van der Waals surface area contributed by atoms with E-state index in [4.69, 9.17) is 9.72 Å². The maximum atomic E-state index is 6.89. The lowest BCUT2D eigenvalue weighted by molar-refractivity contribution is 0.0596. The molecule has 1 aromatic heterocycles. The van der Waals surface area contributed by atoms with Crippen molar-refractivity contribution in [2.24, 2.45) is 0 Å². The van der Waals surface area contributed by atoms with E-state index in [1.807, 2.05) is 13.0 Å². The molecule has 2 aliphatic heterocycles. The fourth-order valence-electron chi connectivity index (χ4n) is 4.81. The van der Waals surface area contributed by atoms with Crippen LogP contribution in [-0.4, -0.2) is 17.8 Å². The first-order valence-corrected chi connectivity index (χ1v) is 9.48. The van der Waals surface area contributed by atoms with Crippen LogP contribution in [0.25, 0.3) is 17.0 Å². The number of pyridine rings is 1. The van der Waals surface area contributed by atoms with E-state index in [0.29, 0.717) is 0 Å². The highest BCUT2D eigenvalue weighted by Crippen LogP contribution is 2.55. The van der Waals surface area contributed by atoms with Gasteiger partial charge in [-0.3, -0.25) is 0 Å². The number of para-hydroxylation sites is 1. The van der Waals surface area contributed by atoms with E-state index in [1.165, 1.54) is 16.8 Å². The molecule has 0 aliphatic carbocycles. The van der Waals surface area contributed by atoms with Gasteiger partial charge in [-0.05, 0) is 57.0 Å². The molecule has 5 rings (SSSR count). The summed E-state index contributed by atoms with van der Waals surface area (Å²) >= 11 is 0. The van der Waals surface area contributed by atoms with Crippen LogP contribution in [0.1, 0.15) is 36.2 Å². The molecule has 1 atom stereocenters. The van der Waals surface area contributed by atoms with Gasteiger partial charge in [0.25, 0.3) is 0 Å². The predicted octanol–water partition coefficient (Wildman–Crippen LogP) is 5.38. The monoisotopic (exact) mass is 356 g/mol. The van der Waals surface area contributed by atoms with Gasteiger partial charge in [0, 0.05) is 29.4 Å². The quantitative estimate of drug-likeness (QED) is 0.541. The number of hydrogen-bond acceptors (Lipinski definition) is 3. The molecule has 3 aromatic rings. The summed E-state index contributed by atoms with van der Waals surface area (Å²) in [6.45, 7) is 8.74. The average Bonchev–Trinajstić information content (AvgIpc) is 2.81. The van der Waals surface area contributed by atoms with Gasteiger partial charge in [-0.15, -0.1) is 0 Å². The van der Waals surface area contributed by atoms with E-state index in [9.17, 15) is 0 Å². The molecule has 0 bridgehead atoms. The molecular formula is C24H24N2O. The Hall–Kier alpha value is -2.81. The molecule has 0 fully saturated rings. The number of fused-ring (bicyclic) bond motifs is 4. The molecule has 1 spiro atoms. The van der Waals surface area contributed by atoms with Crippen LogP contribution in [0.15, 0.2) is 48.5 Å². The maximum Gasteiger partial charge on any atom is 0.211 e. The Labute approximate surface area is 160 Å². The fourth-order valence-corrected chi connectivity index (χ4v) is 4.81. The SMILES string of the molecule is Cc1ccc2ccc3c(c2n1)OC1(C=C3)N(C)c2c(C)cccc2C1(C)C. The molecule has 0 N–H and O–H groups in total. The number of hydrogen-bond donors (Lipinski definition) is 0. The minimum Gasteiger partial charge on any atom is -0.460 e. The van der Waals surface area contributed by atoms with Crippen molar-refractivity contribution >= 4 is 22.7 Å². The molecule has 3 heteroatoms. The number of nitrogens with zero attached hydrogens (tertiary/aromatic N) is 2. The van der Waals surface area contributed by atoms with Crippen molar-refractivity contribution < 1.29 is 4.74 Å². The normalized spacial score (nSPS) is 22.0. The number of benzene rings is 2. The van der Waals surface area contributed by atoms with Crippen molar-refractivity contribution in [3.05, 3.63) is 70.9 Å². The van der Waals surface area contributed by atoms with Gasteiger partial charge >= 0.3 is 0 Å². The van der Waals surface area contributed by atoms with Crippen molar-refractivity contribution in [2.45, 2.75) is 38.8 Å². The van der Waals surface area contributed by atoms with Crippen LogP contribution in [0.3, 0.4) is 0 Å². The second kappa shape index (κ2) is 5.13. The third-order valence-corrected chi connectivity index (χ3v) is 6.37. The minimum absolute atomic E-state index is 0.205. The number of anilines is 1. The Morgan fingerprint density at radius 1 is 1.00 bits per heavy atom. The van der Waals surface area contributed by atoms with Crippen molar-refractivity contribution in [3.63, 3.8) is 0 Å².